The number of amides is 3. The van der Waals surface area contributed by atoms with E-state index in [-0.39, 0.29) is 24.3 Å². The second kappa shape index (κ2) is 13.4. The summed E-state index contributed by atoms with van der Waals surface area (Å²) >= 11 is 3.40. The van der Waals surface area contributed by atoms with Gasteiger partial charge in [-0.25, -0.2) is 4.79 Å². The smallest absolute Gasteiger partial charge is 0.475 e. The number of piperazine rings is 1. The number of hydrogen-bond donors (Lipinski definition) is 2. The molecule has 2 N–H and O–H groups in total. The standard InChI is InChI=1S/C20H27BrN4O3.C2HF3O2/c21-17-5-1-4-16(14-17)20(28)25(11-3-10-23-9-2-6-18(23)26)15-19(27)24-12-7-22-8-13-24;3-2(4,5)1(6)7/h1,4-5,14,22H,2-3,6-13,15H2;(H,6,7). The molecule has 3 rings (SSSR count). The maximum atomic E-state index is 13.0. The average molecular weight is 565 g/mol. The Balaban J connectivity index is 0.000000540. The van der Waals surface area contributed by atoms with Crippen LogP contribution in [-0.4, -0.2) is 102 Å². The molecule has 1 aromatic carbocycles. The van der Waals surface area contributed by atoms with Crippen molar-refractivity contribution in [3.8, 4) is 0 Å². The fourth-order valence-corrected chi connectivity index (χ4v) is 4.03. The van der Waals surface area contributed by atoms with Gasteiger partial charge in [0, 0.05) is 62.3 Å². The van der Waals surface area contributed by atoms with Crippen molar-refractivity contribution in [3.05, 3.63) is 34.3 Å². The molecule has 1 aromatic rings. The van der Waals surface area contributed by atoms with Crippen molar-refractivity contribution >= 4 is 39.6 Å². The molecule has 0 aliphatic carbocycles. The van der Waals surface area contributed by atoms with Gasteiger partial charge < -0.3 is 25.1 Å². The molecule has 2 saturated heterocycles. The molecule has 13 heteroatoms. The third-order valence-electron chi connectivity index (χ3n) is 5.42. The van der Waals surface area contributed by atoms with Crippen molar-refractivity contribution in [2.24, 2.45) is 0 Å². The summed E-state index contributed by atoms with van der Waals surface area (Å²) in [5, 5.41) is 10.4. The number of nitrogens with one attached hydrogen (secondary N) is 1. The molecule has 0 spiro atoms. The lowest BCUT2D eigenvalue weighted by molar-refractivity contribution is -0.192. The number of carboxylic acids is 1. The van der Waals surface area contributed by atoms with Gasteiger partial charge in [-0.1, -0.05) is 22.0 Å². The summed E-state index contributed by atoms with van der Waals surface area (Å²) in [4.78, 5) is 51.7. The number of likely N-dealkylation sites (tertiary alicyclic amines) is 1. The van der Waals surface area contributed by atoms with Gasteiger partial charge in [-0.05, 0) is 31.0 Å². The average Bonchev–Trinajstić information content (AvgIpc) is 3.22. The summed E-state index contributed by atoms with van der Waals surface area (Å²) in [7, 11) is 0. The van der Waals surface area contributed by atoms with Crippen LogP contribution in [0.3, 0.4) is 0 Å². The Labute approximate surface area is 209 Å². The minimum Gasteiger partial charge on any atom is -0.475 e. The first-order valence-corrected chi connectivity index (χ1v) is 11.9. The Morgan fingerprint density at radius 2 is 1.80 bits per heavy atom. The zero-order chi connectivity index (χ0) is 26.0. The highest BCUT2D eigenvalue weighted by molar-refractivity contribution is 9.10. The molecule has 0 saturated carbocycles. The lowest BCUT2D eigenvalue weighted by Gasteiger charge is -2.31. The van der Waals surface area contributed by atoms with Crippen LogP contribution in [0.5, 0.6) is 0 Å². The Morgan fingerprint density at radius 3 is 2.34 bits per heavy atom. The van der Waals surface area contributed by atoms with Gasteiger partial charge in [0.25, 0.3) is 5.91 Å². The van der Waals surface area contributed by atoms with Gasteiger partial charge in [0.2, 0.25) is 11.8 Å². The highest BCUT2D eigenvalue weighted by Gasteiger charge is 2.38. The maximum absolute atomic E-state index is 13.0. The summed E-state index contributed by atoms with van der Waals surface area (Å²) < 4.78 is 32.6. The van der Waals surface area contributed by atoms with E-state index in [0.717, 1.165) is 30.5 Å². The van der Waals surface area contributed by atoms with E-state index in [0.29, 0.717) is 44.6 Å². The van der Waals surface area contributed by atoms with Gasteiger partial charge in [-0.3, -0.25) is 14.4 Å². The first-order valence-electron chi connectivity index (χ1n) is 11.1. The number of halogens is 4. The summed E-state index contributed by atoms with van der Waals surface area (Å²) in [6, 6.07) is 7.22. The topological polar surface area (TPSA) is 110 Å². The van der Waals surface area contributed by atoms with Crippen LogP contribution in [0.2, 0.25) is 0 Å². The first kappa shape index (κ1) is 28.6. The van der Waals surface area contributed by atoms with E-state index in [1.165, 1.54) is 0 Å². The van der Waals surface area contributed by atoms with Crippen molar-refractivity contribution in [1.82, 2.24) is 20.0 Å². The number of hydrogen-bond acceptors (Lipinski definition) is 5. The molecule has 3 amide bonds. The minimum absolute atomic E-state index is 0.0258. The van der Waals surface area contributed by atoms with Crippen LogP contribution < -0.4 is 5.32 Å². The minimum atomic E-state index is -5.08. The Hall–Kier alpha value is -2.67. The Kier molecular flexibility index (Phi) is 11.0. The number of carbonyl (C=O) groups excluding carboxylic acids is 3. The largest absolute Gasteiger partial charge is 0.490 e. The van der Waals surface area contributed by atoms with Gasteiger partial charge in [-0.2, -0.15) is 13.2 Å². The molecule has 194 valence electrons. The van der Waals surface area contributed by atoms with Crippen LogP contribution in [0, 0.1) is 0 Å². The Bertz CT molecular complexity index is 909. The van der Waals surface area contributed by atoms with Gasteiger partial charge in [-0.15, -0.1) is 0 Å². The monoisotopic (exact) mass is 564 g/mol. The fourth-order valence-electron chi connectivity index (χ4n) is 3.63. The number of carboxylic acid groups (broad SMARTS) is 1. The third kappa shape index (κ3) is 9.48. The third-order valence-corrected chi connectivity index (χ3v) is 5.92. The van der Waals surface area contributed by atoms with Crippen LogP contribution in [0.1, 0.15) is 29.6 Å². The summed E-state index contributed by atoms with van der Waals surface area (Å²) in [5.74, 6) is -2.76. The van der Waals surface area contributed by atoms with E-state index in [1.54, 1.807) is 17.0 Å². The van der Waals surface area contributed by atoms with Crippen LogP contribution in [-0.2, 0) is 14.4 Å². The first-order chi connectivity index (χ1) is 16.5. The molecule has 2 fully saturated rings. The summed E-state index contributed by atoms with van der Waals surface area (Å²) in [5.41, 5.74) is 0.555. The molecule has 2 aliphatic rings. The number of alkyl halides is 3. The molecular weight excluding hydrogens is 537 g/mol. The van der Waals surface area contributed by atoms with Crippen LogP contribution in [0.25, 0.3) is 0 Å². The van der Waals surface area contributed by atoms with Crippen molar-refractivity contribution < 1.29 is 37.5 Å². The van der Waals surface area contributed by atoms with E-state index in [9.17, 15) is 27.6 Å². The van der Waals surface area contributed by atoms with Gasteiger partial charge in [0.05, 0.1) is 0 Å². The highest BCUT2D eigenvalue weighted by Crippen LogP contribution is 2.15. The van der Waals surface area contributed by atoms with Crippen LogP contribution >= 0.6 is 15.9 Å². The van der Waals surface area contributed by atoms with E-state index in [2.05, 4.69) is 21.2 Å². The normalized spacial score (nSPS) is 15.9. The molecule has 0 atom stereocenters. The lowest BCUT2D eigenvalue weighted by Crippen LogP contribution is -2.50. The number of carbonyl (C=O) groups is 4. The van der Waals surface area contributed by atoms with Gasteiger partial charge in [0.15, 0.2) is 0 Å². The zero-order valence-electron chi connectivity index (χ0n) is 19.0. The van der Waals surface area contributed by atoms with E-state index in [4.69, 9.17) is 9.90 Å². The summed E-state index contributed by atoms with van der Waals surface area (Å²) in [6.45, 7) is 4.83. The van der Waals surface area contributed by atoms with Crippen molar-refractivity contribution in [3.63, 3.8) is 0 Å². The summed E-state index contributed by atoms with van der Waals surface area (Å²) in [6.07, 6.45) is -2.90. The van der Waals surface area contributed by atoms with Crippen molar-refractivity contribution in [2.75, 3.05) is 52.4 Å². The SMILES string of the molecule is O=C(O)C(F)(F)F.O=C1CCCN1CCCN(CC(=O)N1CCNCC1)C(=O)c1cccc(Br)c1. The van der Waals surface area contributed by atoms with E-state index in [1.807, 2.05) is 21.9 Å². The predicted octanol–water partition coefficient (Wildman–Crippen LogP) is 1.97. The molecule has 2 heterocycles. The van der Waals surface area contributed by atoms with Crippen molar-refractivity contribution in [1.29, 1.82) is 0 Å². The van der Waals surface area contributed by atoms with E-state index >= 15 is 0 Å². The quantitative estimate of drug-likeness (QED) is 0.524. The number of rotatable bonds is 7. The fraction of sp³-hybridized carbons (Fsp3) is 0.545. The van der Waals surface area contributed by atoms with Crippen LogP contribution in [0.4, 0.5) is 13.2 Å². The van der Waals surface area contributed by atoms with Crippen molar-refractivity contribution in [2.45, 2.75) is 25.4 Å². The molecule has 9 nitrogen and oxygen atoms in total. The van der Waals surface area contributed by atoms with Crippen LogP contribution in [0.15, 0.2) is 28.7 Å². The lowest BCUT2D eigenvalue weighted by atomic mass is 10.2. The number of benzene rings is 1. The van der Waals surface area contributed by atoms with Gasteiger partial charge in [0.1, 0.15) is 6.54 Å². The Morgan fingerprint density at radius 1 is 1.14 bits per heavy atom. The second-order valence-corrected chi connectivity index (χ2v) is 8.92. The molecule has 2 aliphatic heterocycles. The molecule has 0 aromatic heterocycles. The maximum Gasteiger partial charge on any atom is 0.490 e. The molecular formula is C22H28BrF3N4O5. The van der Waals surface area contributed by atoms with E-state index < -0.39 is 12.1 Å². The van der Waals surface area contributed by atoms with Gasteiger partial charge >= 0.3 is 12.1 Å². The zero-order valence-corrected chi connectivity index (χ0v) is 20.6. The highest BCUT2D eigenvalue weighted by atomic mass is 79.9. The molecule has 0 radical (unpaired) electrons. The number of aliphatic carboxylic acids is 1. The predicted molar refractivity (Wildman–Crippen MR) is 124 cm³/mol. The molecule has 35 heavy (non-hydrogen) atoms. The molecule has 0 unspecified atom stereocenters. The molecule has 0 bridgehead atoms. The number of nitrogens with zero attached hydrogens (tertiary/aromatic N) is 3. The second-order valence-electron chi connectivity index (χ2n) is 8.01.